The highest BCUT2D eigenvalue weighted by atomic mass is 32.1. The molecule has 1 saturated heterocycles. The van der Waals surface area contributed by atoms with E-state index < -0.39 is 6.04 Å². The van der Waals surface area contributed by atoms with Gasteiger partial charge in [-0.3, -0.25) is 14.8 Å². The third-order valence-electron chi connectivity index (χ3n) is 5.98. The van der Waals surface area contributed by atoms with Gasteiger partial charge in [0.15, 0.2) is 0 Å². The van der Waals surface area contributed by atoms with E-state index in [9.17, 15) is 4.79 Å². The summed E-state index contributed by atoms with van der Waals surface area (Å²) in [6.45, 7) is 2.00. The highest BCUT2D eigenvalue weighted by Crippen LogP contribution is 2.47. The average molecular weight is 425 g/mol. The lowest BCUT2D eigenvalue weighted by Gasteiger charge is -2.44. The number of nitrogens with one attached hydrogen (secondary N) is 1. The number of piperidine rings is 1. The molecule has 1 amide bonds. The maximum Gasteiger partial charge on any atom is 0.239 e. The molecule has 0 saturated carbocycles. The van der Waals surface area contributed by atoms with Gasteiger partial charge in [0.2, 0.25) is 5.91 Å². The zero-order valence-electron chi connectivity index (χ0n) is 16.6. The van der Waals surface area contributed by atoms with Gasteiger partial charge in [-0.05, 0) is 30.9 Å². The van der Waals surface area contributed by atoms with E-state index >= 15 is 0 Å². The van der Waals surface area contributed by atoms with Crippen LogP contribution < -0.4 is 5.73 Å². The largest absolute Gasteiger partial charge is 0.369 e. The summed E-state index contributed by atoms with van der Waals surface area (Å²) in [5.74, 6) is -0.0121. The number of aromatic nitrogens is 4. The van der Waals surface area contributed by atoms with E-state index in [1.165, 1.54) is 10.4 Å². The first-order valence-corrected chi connectivity index (χ1v) is 11.0. The lowest BCUT2D eigenvalue weighted by atomic mass is 9.85. The molecule has 2 aliphatic rings. The predicted octanol–water partition coefficient (Wildman–Crippen LogP) is 1.89. The maximum absolute atomic E-state index is 12.8. The Morgan fingerprint density at radius 3 is 2.90 bits per heavy atom. The number of imidazole rings is 1. The van der Waals surface area contributed by atoms with Crippen molar-refractivity contribution >= 4 is 17.2 Å². The summed E-state index contributed by atoms with van der Waals surface area (Å²) >= 11 is 1.75. The number of nitrogens with two attached hydrogens (primary N) is 1. The molecule has 0 radical (unpaired) electrons. The highest BCUT2D eigenvalue weighted by molar-refractivity contribution is 7.15. The van der Waals surface area contributed by atoms with Gasteiger partial charge in [0.25, 0.3) is 0 Å². The fourth-order valence-corrected chi connectivity index (χ4v) is 5.76. The first-order valence-electron chi connectivity index (χ1n) is 10.2. The Labute approximate surface area is 178 Å². The van der Waals surface area contributed by atoms with Crippen LogP contribution in [0.4, 0.5) is 0 Å². The monoisotopic (exact) mass is 424 g/mol. The Kier molecular flexibility index (Phi) is 5.10. The van der Waals surface area contributed by atoms with Crippen LogP contribution in [0, 0.1) is 0 Å². The number of H-pyrrole nitrogens is 1. The number of aromatic amines is 1. The molecule has 1 fully saturated rings. The Bertz CT molecular complexity index is 1010. The van der Waals surface area contributed by atoms with Gasteiger partial charge in [0.05, 0.1) is 35.7 Å². The minimum atomic E-state index is -0.563. The molecule has 5 rings (SSSR count). The summed E-state index contributed by atoms with van der Waals surface area (Å²) in [5, 5.41) is 0. The van der Waals surface area contributed by atoms with Crippen LogP contribution in [0.25, 0.3) is 10.6 Å². The van der Waals surface area contributed by atoms with Crippen molar-refractivity contribution in [3.05, 3.63) is 53.3 Å². The molecule has 0 unspecified atom stereocenters. The number of thiophene rings is 1. The summed E-state index contributed by atoms with van der Waals surface area (Å²) in [5.41, 5.74) is 8.96. The van der Waals surface area contributed by atoms with Gasteiger partial charge in [0.1, 0.15) is 5.60 Å². The zero-order chi connectivity index (χ0) is 20.6. The Morgan fingerprint density at radius 2 is 2.17 bits per heavy atom. The van der Waals surface area contributed by atoms with E-state index in [1.807, 2.05) is 4.90 Å². The minimum absolute atomic E-state index is 0.0121. The number of hydrogen-bond donors (Lipinski definition) is 2. The standard InChI is InChI=1S/C21H24N6O2S/c22-16(10-15-11-24-13-26-15)20(28)27-6-2-21(3-7-27)19-14(1-8-29-21)9-18(30-19)17-12-23-4-5-25-17/h4-5,9,11-13,16H,1-3,6-8,10,22H2,(H,24,26)/t16-/m0/s1. The highest BCUT2D eigenvalue weighted by Gasteiger charge is 2.43. The molecular formula is C21H24N6O2S. The molecule has 5 heterocycles. The number of carbonyl (C=O) groups excluding carboxylic acids is 1. The minimum Gasteiger partial charge on any atom is -0.369 e. The van der Waals surface area contributed by atoms with Crippen LogP contribution in [0.3, 0.4) is 0 Å². The number of likely N-dealkylation sites (tertiary alicyclic amines) is 1. The molecule has 8 nitrogen and oxygen atoms in total. The van der Waals surface area contributed by atoms with Crippen LogP contribution in [0.2, 0.25) is 0 Å². The number of fused-ring (bicyclic) bond motifs is 2. The van der Waals surface area contributed by atoms with Crippen LogP contribution in [-0.2, 0) is 28.0 Å². The average Bonchev–Trinajstić information content (AvgIpc) is 3.45. The fourth-order valence-electron chi connectivity index (χ4n) is 4.39. The molecule has 30 heavy (non-hydrogen) atoms. The van der Waals surface area contributed by atoms with E-state index in [4.69, 9.17) is 10.5 Å². The normalized spacial score (nSPS) is 18.9. The second kappa shape index (κ2) is 7.90. The summed E-state index contributed by atoms with van der Waals surface area (Å²) < 4.78 is 6.35. The summed E-state index contributed by atoms with van der Waals surface area (Å²) in [6.07, 6.45) is 11.5. The number of amides is 1. The lowest BCUT2D eigenvalue weighted by molar-refractivity contribution is -0.141. The van der Waals surface area contributed by atoms with Crippen molar-refractivity contribution in [3.63, 3.8) is 0 Å². The molecule has 9 heteroatoms. The number of ether oxygens (including phenoxy) is 1. The van der Waals surface area contributed by atoms with Crippen LogP contribution in [0.15, 0.2) is 37.2 Å². The topological polar surface area (TPSA) is 110 Å². The SMILES string of the molecule is N[C@@H](Cc1cnc[nH]1)C(=O)N1CCC2(CC1)OCCc1cc(-c3cnccn3)sc12. The second-order valence-electron chi connectivity index (χ2n) is 7.86. The van der Waals surface area contributed by atoms with E-state index in [2.05, 4.69) is 26.0 Å². The van der Waals surface area contributed by atoms with Gasteiger partial charge in [-0.1, -0.05) is 0 Å². The Balaban J connectivity index is 1.30. The molecule has 3 aromatic rings. The van der Waals surface area contributed by atoms with Crippen molar-refractivity contribution in [1.82, 2.24) is 24.8 Å². The van der Waals surface area contributed by atoms with E-state index in [1.54, 1.807) is 42.5 Å². The van der Waals surface area contributed by atoms with Crippen LogP contribution in [0.5, 0.6) is 0 Å². The molecule has 0 bridgehead atoms. The summed E-state index contributed by atoms with van der Waals surface area (Å²) in [4.78, 5) is 32.8. The second-order valence-corrected chi connectivity index (χ2v) is 8.91. The first-order chi connectivity index (χ1) is 14.6. The first kappa shape index (κ1) is 19.3. The molecular weight excluding hydrogens is 400 g/mol. The molecule has 0 aliphatic carbocycles. The zero-order valence-corrected chi connectivity index (χ0v) is 17.4. The van der Waals surface area contributed by atoms with Gasteiger partial charge in [-0.25, -0.2) is 4.98 Å². The third-order valence-corrected chi connectivity index (χ3v) is 7.37. The molecule has 156 valence electrons. The van der Waals surface area contributed by atoms with Gasteiger partial charge in [-0.2, -0.15) is 0 Å². The third kappa shape index (κ3) is 3.53. The predicted molar refractivity (Wildman–Crippen MR) is 113 cm³/mol. The summed E-state index contributed by atoms with van der Waals surface area (Å²) in [7, 11) is 0. The van der Waals surface area contributed by atoms with Gasteiger partial charge in [-0.15, -0.1) is 11.3 Å². The lowest BCUT2D eigenvalue weighted by Crippen LogP contribution is -2.52. The van der Waals surface area contributed by atoms with Crippen LogP contribution in [0.1, 0.15) is 29.0 Å². The number of nitrogens with zero attached hydrogens (tertiary/aromatic N) is 4. The van der Waals surface area contributed by atoms with Crippen molar-refractivity contribution in [2.45, 2.75) is 37.3 Å². The van der Waals surface area contributed by atoms with E-state index in [-0.39, 0.29) is 11.5 Å². The Morgan fingerprint density at radius 1 is 1.30 bits per heavy atom. The molecule has 1 spiro atoms. The van der Waals surface area contributed by atoms with E-state index in [0.29, 0.717) is 26.1 Å². The summed E-state index contributed by atoms with van der Waals surface area (Å²) in [6, 6.07) is 1.67. The van der Waals surface area contributed by atoms with E-state index in [0.717, 1.165) is 35.5 Å². The number of rotatable bonds is 4. The maximum atomic E-state index is 12.8. The number of hydrogen-bond acceptors (Lipinski definition) is 7. The van der Waals surface area contributed by atoms with Crippen molar-refractivity contribution in [3.8, 4) is 10.6 Å². The van der Waals surface area contributed by atoms with Gasteiger partial charge < -0.3 is 20.4 Å². The molecule has 3 aromatic heterocycles. The Hall–Kier alpha value is -2.62. The van der Waals surface area contributed by atoms with Crippen LogP contribution >= 0.6 is 11.3 Å². The molecule has 1 atom stereocenters. The van der Waals surface area contributed by atoms with Gasteiger partial charge >= 0.3 is 0 Å². The molecule has 3 N–H and O–H groups in total. The smallest absolute Gasteiger partial charge is 0.239 e. The van der Waals surface area contributed by atoms with Crippen molar-refractivity contribution in [2.24, 2.45) is 5.73 Å². The molecule has 0 aromatic carbocycles. The quantitative estimate of drug-likeness (QED) is 0.662. The molecule has 2 aliphatic heterocycles. The fraction of sp³-hybridized carbons (Fsp3) is 0.429. The van der Waals surface area contributed by atoms with Gasteiger partial charge in [0, 0.05) is 48.7 Å². The van der Waals surface area contributed by atoms with Crippen LogP contribution in [-0.4, -0.2) is 56.5 Å². The van der Waals surface area contributed by atoms with Crippen molar-refractivity contribution in [1.29, 1.82) is 0 Å². The van der Waals surface area contributed by atoms with Crippen molar-refractivity contribution < 1.29 is 9.53 Å². The van der Waals surface area contributed by atoms with Crippen molar-refractivity contribution in [2.75, 3.05) is 19.7 Å². The number of carbonyl (C=O) groups is 1.